The quantitative estimate of drug-likeness (QED) is 0.833. The van der Waals surface area contributed by atoms with Crippen LogP contribution in [-0.4, -0.2) is 41.9 Å². The zero-order valence-corrected chi connectivity index (χ0v) is 11.6. The van der Waals surface area contributed by atoms with E-state index in [4.69, 9.17) is 17.3 Å². The maximum Gasteiger partial charge on any atom is 0.238 e. The lowest BCUT2D eigenvalue weighted by molar-refractivity contribution is -0.117. The molecule has 1 saturated heterocycles. The molecule has 1 aromatic rings. The van der Waals surface area contributed by atoms with Crippen LogP contribution in [0.5, 0.6) is 0 Å². The Kier molecular flexibility index (Phi) is 4.74. The van der Waals surface area contributed by atoms with Crippen molar-refractivity contribution in [3.63, 3.8) is 0 Å². The van der Waals surface area contributed by atoms with E-state index < -0.39 is 0 Å². The Hall–Kier alpha value is -0.910. The monoisotopic (exact) mass is 285 g/mol. The van der Waals surface area contributed by atoms with Gasteiger partial charge in [0.25, 0.3) is 0 Å². The Labute approximate surface area is 116 Å². The standard InChI is InChI=1S/C12H16ClN3OS/c13-9-1-2-11(10(14)7-9)15-12(17)8-16-3-5-18-6-4-16/h1-2,7H,3-6,8,14H2,(H,15,17). The van der Waals surface area contributed by atoms with Gasteiger partial charge in [-0.15, -0.1) is 0 Å². The van der Waals surface area contributed by atoms with Crippen LogP contribution in [0.3, 0.4) is 0 Å². The van der Waals surface area contributed by atoms with Gasteiger partial charge in [0.2, 0.25) is 5.91 Å². The van der Waals surface area contributed by atoms with Crippen molar-refractivity contribution in [2.75, 3.05) is 42.2 Å². The minimum atomic E-state index is -0.0316. The van der Waals surface area contributed by atoms with Crippen LogP contribution < -0.4 is 11.1 Å². The molecule has 2 rings (SSSR count). The van der Waals surface area contributed by atoms with Gasteiger partial charge in [0.15, 0.2) is 0 Å². The lowest BCUT2D eigenvalue weighted by Crippen LogP contribution is -2.38. The highest BCUT2D eigenvalue weighted by Crippen LogP contribution is 2.22. The third kappa shape index (κ3) is 3.80. The lowest BCUT2D eigenvalue weighted by atomic mass is 10.2. The molecule has 6 heteroatoms. The first-order valence-electron chi connectivity index (χ1n) is 5.80. The average molecular weight is 286 g/mol. The summed E-state index contributed by atoms with van der Waals surface area (Å²) >= 11 is 7.73. The van der Waals surface area contributed by atoms with Gasteiger partial charge in [-0.05, 0) is 18.2 Å². The molecule has 1 amide bonds. The molecule has 0 saturated carbocycles. The van der Waals surface area contributed by atoms with Crippen LogP contribution in [0, 0.1) is 0 Å². The Morgan fingerprint density at radius 2 is 2.17 bits per heavy atom. The summed E-state index contributed by atoms with van der Waals surface area (Å²) in [5.74, 6) is 2.16. The van der Waals surface area contributed by atoms with Gasteiger partial charge in [-0.25, -0.2) is 0 Å². The third-order valence-electron chi connectivity index (χ3n) is 2.76. The summed E-state index contributed by atoms with van der Waals surface area (Å²) in [6, 6.07) is 5.07. The molecular formula is C12H16ClN3OS. The number of carbonyl (C=O) groups is 1. The first-order chi connectivity index (χ1) is 8.65. The summed E-state index contributed by atoms with van der Waals surface area (Å²) in [6.45, 7) is 2.35. The molecule has 1 aliphatic heterocycles. The minimum absolute atomic E-state index is 0.0316. The minimum Gasteiger partial charge on any atom is -0.397 e. The second-order valence-corrected chi connectivity index (χ2v) is 5.83. The van der Waals surface area contributed by atoms with Gasteiger partial charge in [-0.2, -0.15) is 11.8 Å². The SMILES string of the molecule is Nc1cc(Cl)ccc1NC(=O)CN1CCSCC1. The second-order valence-electron chi connectivity index (χ2n) is 4.17. The number of nitrogen functional groups attached to an aromatic ring is 1. The molecule has 0 bridgehead atoms. The number of benzene rings is 1. The number of hydrogen-bond donors (Lipinski definition) is 2. The highest BCUT2D eigenvalue weighted by molar-refractivity contribution is 7.99. The van der Waals surface area contributed by atoms with Crippen molar-refractivity contribution in [2.24, 2.45) is 0 Å². The van der Waals surface area contributed by atoms with E-state index in [-0.39, 0.29) is 5.91 Å². The van der Waals surface area contributed by atoms with Gasteiger partial charge in [-0.1, -0.05) is 11.6 Å². The molecular weight excluding hydrogens is 270 g/mol. The first kappa shape index (κ1) is 13.5. The molecule has 1 aliphatic rings. The van der Waals surface area contributed by atoms with E-state index in [9.17, 15) is 4.79 Å². The molecule has 1 aromatic carbocycles. The summed E-state index contributed by atoms with van der Waals surface area (Å²) < 4.78 is 0. The molecule has 98 valence electrons. The van der Waals surface area contributed by atoms with Gasteiger partial charge < -0.3 is 11.1 Å². The normalized spacial score (nSPS) is 16.5. The summed E-state index contributed by atoms with van der Waals surface area (Å²) in [5.41, 5.74) is 6.90. The van der Waals surface area contributed by atoms with Gasteiger partial charge >= 0.3 is 0 Å². The number of thioether (sulfide) groups is 1. The van der Waals surface area contributed by atoms with Crippen LogP contribution in [0.2, 0.25) is 5.02 Å². The van der Waals surface area contributed by atoms with Crippen LogP contribution in [0.4, 0.5) is 11.4 Å². The Bertz CT molecular complexity index is 435. The smallest absolute Gasteiger partial charge is 0.238 e. The molecule has 0 unspecified atom stereocenters. The van der Waals surface area contributed by atoms with Crippen LogP contribution in [0.1, 0.15) is 0 Å². The predicted octanol–water partition coefficient (Wildman–Crippen LogP) is 1.91. The fourth-order valence-corrected chi connectivity index (χ4v) is 2.96. The van der Waals surface area contributed by atoms with Gasteiger partial charge in [0.1, 0.15) is 0 Å². The zero-order chi connectivity index (χ0) is 13.0. The maximum absolute atomic E-state index is 11.9. The van der Waals surface area contributed by atoms with Crippen molar-refractivity contribution >= 4 is 40.6 Å². The molecule has 3 N–H and O–H groups in total. The molecule has 0 atom stereocenters. The van der Waals surface area contributed by atoms with Crippen LogP contribution in [0.25, 0.3) is 0 Å². The fourth-order valence-electron chi connectivity index (χ4n) is 1.80. The van der Waals surface area contributed by atoms with Gasteiger partial charge in [-0.3, -0.25) is 9.69 Å². The average Bonchev–Trinajstić information content (AvgIpc) is 2.34. The van der Waals surface area contributed by atoms with Crippen molar-refractivity contribution in [2.45, 2.75) is 0 Å². The Morgan fingerprint density at radius 1 is 1.44 bits per heavy atom. The largest absolute Gasteiger partial charge is 0.397 e. The third-order valence-corrected chi connectivity index (χ3v) is 3.94. The molecule has 0 radical (unpaired) electrons. The second kappa shape index (κ2) is 6.31. The number of anilines is 2. The van der Waals surface area contributed by atoms with E-state index >= 15 is 0 Å². The Balaban J connectivity index is 1.90. The molecule has 0 aliphatic carbocycles. The Morgan fingerprint density at radius 3 is 2.83 bits per heavy atom. The van der Waals surface area contributed by atoms with Crippen molar-refractivity contribution in [3.05, 3.63) is 23.2 Å². The van der Waals surface area contributed by atoms with Gasteiger partial charge in [0, 0.05) is 29.6 Å². The van der Waals surface area contributed by atoms with Crippen molar-refractivity contribution in [1.82, 2.24) is 4.90 Å². The summed E-state index contributed by atoms with van der Waals surface area (Å²) in [4.78, 5) is 14.0. The highest BCUT2D eigenvalue weighted by atomic mass is 35.5. The molecule has 0 aromatic heterocycles. The lowest BCUT2D eigenvalue weighted by Gasteiger charge is -2.25. The number of halogens is 1. The van der Waals surface area contributed by atoms with E-state index in [1.165, 1.54) is 0 Å². The van der Waals surface area contributed by atoms with Crippen molar-refractivity contribution in [1.29, 1.82) is 0 Å². The van der Waals surface area contributed by atoms with E-state index in [1.54, 1.807) is 18.2 Å². The number of carbonyl (C=O) groups excluding carboxylic acids is 1. The van der Waals surface area contributed by atoms with E-state index in [2.05, 4.69) is 10.2 Å². The van der Waals surface area contributed by atoms with Crippen LogP contribution >= 0.6 is 23.4 Å². The number of amides is 1. The van der Waals surface area contributed by atoms with E-state index in [0.717, 1.165) is 24.6 Å². The zero-order valence-electron chi connectivity index (χ0n) is 9.99. The summed E-state index contributed by atoms with van der Waals surface area (Å²) in [5, 5.41) is 3.38. The van der Waals surface area contributed by atoms with Gasteiger partial charge in [0.05, 0.1) is 17.9 Å². The van der Waals surface area contributed by atoms with E-state index in [0.29, 0.717) is 22.9 Å². The predicted molar refractivity (Wildman–Crippen MR) is 78.3 cm³/mol. The number of nitrogens with one attached hydrogen (secondary N) is 1. The molecule has 1 heterocycles. The molecule has 1 fully saturated rings. The fraction of sp³-hybridized carbons (Fsp3) is 0.417. The van der Waals surface area contributed by atoms with Crippen LogP contribution in [0.15, 0.2) is 18.2 Å². The van der Waals surface area contributed by atoms with Crippen molar-refractivity contribution < 1.29 is 4.79 Å². The van der Waals surface area contributed by atoms with E-state index in [1.807, 2.05) is 11.8 Å². The number of rotatable bonds is 3. The van der Waals surface area contributed by atoms with Crippen LogP contribution in [-0.2, 0) is 4.79 Å². The molecule has 4 nitrogen and oxygen atoms in total. The maximum atomic E-state index is 11.9. The summed E-state index contributed by atoms with van der Waals surface area (Å²) in [7, 11) is 0. The number of hydrogen-bond acceptors (Lipinski definition) is 4. The summed E-state index contributed by atoms with van der Waals surface area (Å²) in [6.07, 6.45) is 0. The number of nitrogens with two attached hydrogens (primary N) is 1. The molecule has 0 spiro atoms. The van der Waals surface area contributed by atoms with Crippen molar-refractivity contribution in [3.8, 4) is 0 Å². The number of nitrogens with zero attached hydrogens (tertiary/aromatic N) is 1. The first-order valence-corrected chi connectivity index (χ1v) is 7.33. The highest BCUT2D eigenvalue weighted by Gasteiger charge is 2.14. The topological polar surface area (TPSA) is 58.4 Å². The molecule has 18 heavy (non-hydrogen) atoms.